The first-order valence-electron chi connectivity index (χ1n) is 7.61. The van der Waals surface area contributed by atoms with Crippen molar-refractivity contribution in [2.45, 2.75) is 6.10 Å². The predicted octanol–water partition coefficient (Wildman–Crippen LogP) is 5.20. The van der Waals surface area contributed by atoms with Gasteiger partial charge in [-0.25, -0.2) is 0 Å². The highest BCUT2D eigenvalue weighted by atomic mass is 35.5. The summed E-state index contributed by atoms with van der Waals surface area (Å²) >= 11 is 7.52. The van der Waals surface area contributed by atoms with Crippen molar-refractivity contribution in [2.75, 3.05) is 0 Å². The Bertz CT molecular complexity index is 967. The monoisotopic (exact) mass is 368 g/mol. The van der Waals surface area contributed by atoms with Gasteiger partial charge in [-0.1, -0.05) is 41.0 Å². The predicted molar refractivity (Wildman–Crippen MR) is 98.6 cm³/mol. The van der Waals surface area contributed by atoms with Gasteiger partial charge in [0.1, 0.15) is 11.8 Å². The fourth-order valence-corrected chi connectivity index (χ4v) is 3.50. The SMILES string of the molecule is OC(c1cccnc1)c1c(-c2ccc(Cl)cc2)noc1-c1cccs1. The Morgan fingerprint density at radius 2 is 1.92 bits per heavy atom. The van der Waals surface area contributed by atoms with Crippen LogP contribution in [0.25, 0.3) is 21.9 Å². The zero-order valence-electron chi connectivity index (χ0n) is 13.0. The van der Waals surface area contributed by atoms with Crippen molar-refractivity contribution in [1.82, 2.24) is 10.1 Å². The fourth-order valence-electron chi connectivity index (χ4n) is 2.66. The largest absolute Gasteiger partial charge is 0.383 e. The molecule has 0 aliphatic carbocycles. The minimum atomic E-state index is -0.900. The quantitative estimate of drug-likeness (QED) is 0.537. The topological polar surface area (TPSA) is 59.2 Å². The molecule has 0 amide bonds. The van der Waals surface area contributed by atoms with E-state index < -0.39 is 6.10 Å². The Hall–Kier alpha value is -2.47. The molecule has 0 bridgehead atoms. The average molecular weight is 369 g/mol. The zero-order chi connectivity index (χ0) is 17.2. The minimum absolute atomic E-state index is 0.566. The molecule has 1 atom stereocenters. The third-order valence-corrected chi connectivity index (χ3v) is 4.98. The molecule has 4 nitrogen and oxygen atoms in total. The van der Waals surface area contributed by atoms with Crippen LogP contribution in [0.4, 0.5) is 0 Å². The molecule has 124 valence electrons. The molecule has 3 aromatic heterocycles. The Morgan fingerprint density at radius 3 is 2.60 bits per heavy atom. The normalized spacial score (nSPS) is 12.2. The van der Waals surface area contributed by atoms with E-state index in [0.717, 1.165) is 10.4 Å². The molecule has 1 N–H and O–H groups in total. The van der Waals surface area contributed by atoms with Gasteiger partial charge in [0.2, 0.25) is 0 Å². The Labute approximate surface area is 153 Å². The number of halogens is 1. The maximum absolute atomic E-state index is 11.0. The van der Waals surface area contributed by atoms with Gasteiger partial charge in [0.05, 0.1) is 10.4 Å². The van der Waals surface area contributed by atoms with Crippen LogP contribution >= 0.6 is 22.9 Å². The molecule has 3 heterocycles. The van der Waals surface area contributed by atoms with E-state index in [9.17, 15) is 5.11 Å². The van der Waals surface area contributed by atoms with Crippen molar-refractivity contribution in [3.05, 3.63) is 82.5 Å². The molecule has 0 spiro atoms. The van der Waals surface area contributed by atoms with E-state index in [1.165, 1.54) is 11.3 Å². The summed E-state index contributed by atoms with van der Waals surface area (Å²) in [5.74, 6) is 0.566. The number of nitrogens with zero attached hydrogens (tertiary/aromatic N) is 2. The summed E-state index contributed by atoms with van der Waals surface area (Å²) < 4.78 is 5.61. The van der Waals surface area contributed by atoms with E-state index in [4.69, 9.17) is 16.1 Å². The van der Waals surface area contributed by atoms with E-state index in [-0.39, 0.29) is 0 Å². The van der Waals surface area contributed by atoms with Crippen molar-refractivity contribution in [1.29, 1.82) is 0 Å². The lowest BCUT2D eigenvalue weighted by Crippen LogP contribution is -2.02. The molecular weight excluding hydrogens is 356 g/mol. The first kappa shape index (κ1) is 16.0. The van der Waals surface area contributed by atoms with Crippen molar-refractivity contribution >= 4 is 22.9 Å². The maximum atomic E-state index is 11.0. The van der Waals surface area contributed by atoms with E-state index in [1.807, 2.05) is 35.7 Å². The second-order valence-corrected chi connectivity index (χ2v) is 6.83. The summed E-state index contributed by atoms with van der Waals surface area (Å²) in [5, 5.41) is 17.8. The number of hydrogen-bond donors (Lipinski definition) is 1. The second kappa shape index (κ2) is 6.80. The van der Waals surface area contributed by atoms with Crippen LogP contribution in [-0.4, -0.2) is 15.2 Å². The highest BCUT2D eigenvalue weighted by Crippen LogP contribution is 2.40. The molecular formula is C19H13ClN2O2S. The summed E-state index contributed by atoms with van der Waals surface area (Å²) in [6.07, 6.45) is 2.41. The third-order valence-electron chi connectivity index (χ3n) is 3.86. The van der Waals surface area contributed by atoms with E-state index in [1.54, 1.807) is 30.6 Å². The number of pyridine rings is 1. The molecule has 1 unspecified atom stereocenters. The van der Waals surface area contributed by atoms with Gasteiger partial charge in [-0.2, -0.15) is 0 Å². The average Bonchev–Trinajstić information content (AvgIpc) is 3.32. The first-order chi connectivity index (χ1) is 12.2. The summed E-state index contributed by atoms with van der Waals surface area (Å²) in [7, 11) is 0. The summed E-state index contributed by atoms with van der Waals surface area (Å²) in [6.45, 7) is 0. The van der Waals surface area contributed by atoms with Crippen LogP contribution < -0.4 is 0 Å². The minimum Gasteiger partial charge on any atom is -0.383 e. The number of hydrogen-bond acceptors (Lipinski definition) is 5. The lowest BCUT2D eigenvalue weighted by Gasteiger charge is -2.12. The van der Waals surface area contributed by atoms with E-state index in [2.05, 4.69) is 10.1 Å². The molecule has 0 radical (unpaired) electrons. The molecule has 0 saturated carbocycles. The number of thiophene rings is 1. The van der Waals surface area contributed by atoms with Crippen LogP contribution in [0.1, 0.15) is 17.2 Å². The van der Waals surface area contributed by atoms with Crippen LogP contribution in [-0.2, 0) is 0 Å². The maximum Gasteiger partial charge on any atom is 0.183 e. The van der Waals surface area contributed by atoms with Gasteiger partial charge in [0, 0.05) is 28.5 Å². The fraction of sp³-hybridized carbons (Fsp3) is 0.0526. The second-order valence-electron chi connectivity index (χ2n) is 5.45. The highest BCUT2D eigenvalue weighted by molar-refractivity contribution is 7.13. The van der Waals surface area contributed by atoms with Gasteiger partial charge >= 0.3 is 0 Å². The molecule has 0 aliphatic rings. The van der Waals surface area contributed by atoms with Gasteiger partial charge in [-0.15, -0.1) is 11.3 Å². The van der Waals surface area contributed by atoms with Crippen LogP contribution in [0.15, 0.2) is 70.8 Å². The summed E-state index contributed by atoms with van der Waals surface area (Å²) in [4.78, 5) is 5.00. The van der Waals surface area contributed by atoms with Gasteiger partial charge in [-0.3, -0.25) is 4.98 Å². The molecule has 0 fully saturated rings. The lowest BCUT2D eigenvalue weighted by molar-refractivity contribution is 0.220. The van der Waals surface area contributed by atoms with Crippen molar-refractivity contribution in [3.63, 3.8) is 0 Å². The Kier molecular flexibility index (Phi) is 4.36. The van der Waals surface area contributed by atoms with Gasteiger partial charge in [-0.05, 0) is 29.6 Å². The van der Waals surface area contributed by atoms with Crippen LogP contribution in [0.2, 0.25) is 5.02 Å². The molecule has 4 rings (SSSR count). The van der Waals surface area contributed by atoms with Crippen molar-refractivity contribution in [2.24, 2.45) is 0 Å². The number of aliphatic hydroxyl groups excluding tert-OH is 1. The van der Waals surface area contributed by atoms with Gasteiger partial charge in [0.15, 0.2) is 5.76 Å². The smallest absolute Gasteiger partial charge is 0.183 e. The summed E-state index contributed by atoms with van der Waals surface area (Å²) in [5.41, 5.74) is 2.72. The molecule has 0 saturated heterocycles. The molecule has 4 aromatic rings. The van der Waals surface area contributed by atoms with Crippen molar-refractivity contribution < 1.29 is 9.63 Å². The zero-order valence-corrected chi connectivity index (χ0v) is 14.5. The molecule has 25 heavy (non-hydrogen) atoms. The number of rotatable bonds is 4. The van der Waals surface area contributed by atoms with Gasteiger partial charge < -0.3 is 9.63 Å². The first-order valence-corrected chi connectivity index (χ1v) is 8.87. The van der Waals surface area contributed by atoms with Crippen LogP contribution in [0, 0.1) is 0 Å². The van der Waals surface area contributed by atoms with Crippen molar-refractivity contribution in [3.8, 4) is 21.9 Å². The Morgan fingerprint density at radius 1 is 1.08 bits per heavy atom. The van der Waals surface area contributed by atoms with E-state index >= 15 is 0 Å². The molecule has 0 aliphatic heterocycles. The highest BCUT2D eigenvalue weighted by Gasteiger charge is 2.26. The summed E-state index contributed by atoms with van der Waals surface area (Å²) in [6, 6.07) is 14.8. The number of benzene rings is 1. The lowest BCUT2D eigenvalue weighted by atomic mass is 9.97. The number of aliphatic hydroxyl groups is 1. The van der Waals surface area contributed by atoms with Crippen LogP contribution in [0.3, 0.4) is 0 Å². The standard InChI is InChI=1S/C19H13ClN2O2S/c20-14-7-5-12(6-8-14)17-16(18(23)13-3-1-9-21-11-13)19(24-22-17)15-4-2-10-25-15/h1-11,18,23H. The van der Waals surface area contributed by atoms with Crippen LogP contribution in [0.5, 0.6) is 0 Å². The van der Waals surface area contributed by atoms with Gasteiger partial charge in [0.25, 0.3) is 0 Å². The molecule has 1 aromatic carbocycles. The molecule has 6 heteroatoms. The number of aromatic nitrogens is 2. The van der Waals surface area contributed by atoms with E-state index in [0.29, 0.717) is 27.6 Å². The third kappa shape index (κ3) is 3.09. The Balaban J connectivity index is 1.89.